The molecule has 10 heteroatoms. The van der Waals surface area contributed by atoms with Gasteiger partial charge in [0.1, 0.15) is 5.54 Å². The Balaban J connectivity index is 1.54. The number of imide groups is 1. The fraction of sp³-hybridized carbons (Fsp3) is 0.550. The van der Waals surface area contributed by atoms with Crippen molar-refractivity contribution in [3.8, 4) is 0 Å². The summed E-state index contributed by atoms with van der Waals surface area (Å²) in [5.74, 6) is -0.830. The number of non-ortho nitro benzene ring substituents is 1. The van der Waals surface area contributed by atoms with Crippen molar-refractivity contribution in [3.05, 3.63) is 39.9 Å². The monoisotopic (exact) mass is 417 g/mol. The molecule has 2 aliphatic rings. The maximum atomic E-state index is 12.7. The minimum Gasteiger partial charge on any atom is -0.322 e. The molecule has 1 unspecified atom stereocenters. The minimum absolute atomic E-state index is 0.0145. The van der Waals surface area contributed by atoms with Crippen LogP contribution in [-0.2, 0) is 9.59 Å². The van der Waals surface area contributed by atoms with Gasteiger partial charge in [0.05, 0.1) is 4.92 Å². The first-order valence-corrected chi connectivity index (χ1v) is 10.1. The number of rotatable bonds is 7. The van der Waals surface area contributed by atoms with Crippen LogP contribution in [0, 0.1) is 10.1 Å². The summed E-state index contributed by atoms with van der Waals surface area (Å²) in [4.78, 5) is 49.7. The van der Waals surface area contributed by atoms with E-state index in [1.165, 1.54) is 12.1 Å². The predicted molar refractivity (Wildman–Crippen MR) is 108 cm³/mol. The van der Waals surface area contributed by atoms with E-state index in [-0.39, 0.29) is 24.1 Å². The third kappa shape index (κ3) is 4.43. The van der Waals surface area contributed by atoms with Crippen molar-refractivity contribution >= 4 is 23.5 Å². The van der Waals surface area contributed by atoms with Crippen LogP contribution in [0.2, 0.25) is 0 Å². The molecule has 1 aromatic carbocycles. The predicted octanol–water partition coefficient (Wildman–Crippen LogP) is 2.26. The van der Waals surface area contributed by atoms with Crippen LogP contribution in [0.4, 0.5) is 10.5 Å². The average molecular weight is 417 g/mol. The van der Waals surface area contributed by atoms with Crippen LogP contribution < -0.4 is 10.7 Å². The number of carbonyl (C=O) groups excluding carboxylic acids is 3. The number of benzene rings is 1. The van der Waals surface area contributed by atoms with Gasteiger partial charge in [0, 0.05) is 31.1 Å². The average Bonchev–Trinajstić information content (AvgIpc) is 2.95. The van der Waals surface area contributed by atoms with E-state index in [4.69, 9.17) is 0 Å². The molecule has 1 saturated heterocycles. The summed E-state index contributed by atoms with van der Waals surface area (Å²) in [6.07, 6.45) is 4.02. The van der Waals surface area contributed by atoms with Gasteiger partial charge in [-0.2, -0.15) is 5.01 Å². The molecule has 1 saturated carbocycles. The molecule has 1 aliphatic heterocycles. The van der Waals surface area contributed by atoms with E-state index in [1.807, 2.05) is 18.9 Å². The topological polar surface area (TPSA) is 125 Å². The number of amides is 4. The van der Waals surface area contributed by atoms with Crippen LogP contribution in [0.15, 0.2) is 24.3 Å². The number of urea groups is 1. The van der Waals surface area contributed by atoms with Gasteiger partial charge in [0.2, 0.25) is 5.91 Å². The fourth-order valence-corrected chi connectivity index (χ4v) is 4.02. The summed E-state index contributed by atoms with van der Waals surface area (Å²) in [5, 5.41) is 14.5. The van der Waals surface area contributed by atoms with Gasteiger partial charge in [0.15, 0.2) is 0 Å². The van der Waals surface area contributed by atoms with Gasteiger partial charge in [-0.3, -0.25) is 30.0 Å². The Morgan fingerprint density at radius 2 is 2.03 bits per heavy atom. The summed E-state index contributed by atoms with van der Waals surface area (Å²) in [7, 11) is 1.81. The van der Waals surface area contributed by atoms with Crippen molar-refractivity contribution in [2.75, 3.05) is 13.6 Å². The van der Waals surface area contributed by atoms with Gasteiger partial charge >= 0.3 is 6.03 Å². The second-order valence-electron chi connectivity index (χ2n) is 8.01. The van der Waals surface area contributed by atoms with Gasteiger partial charge in [-0.25, -0.2) is 4.79 Å². The zero-order valence-electron chi connectivity index (χ0n) is 17.2. The zero-order chi connectivity index (χ0) is 21.9. The van der Waals surface area contributed by atoms with E-state index in [0.29, 0.717) is 19.4 Å². The molecule has 1 atom stereocenters. The van der Waals surface area contributed by atoms with Crippen molar-refractivity contribution < 1.29 is 19.3 Å². The first kappa shape index (κ1) is 21.7. The molecule has 0 radical (unpaired) electrons. The van der Waals surface area contributed by atoms with E-state index in [0.717, 1.165) is 29.8 Å². The van der Waals surface area contributed by atoms with Crippen LogP contribution in [0.25, 0.3) is 0 Å². The Morgan fingerprint density at radius 3 is 2.70 bits per heavy atom. The number of nitrogens with one attached hydrogen (secondary N) is 2. The lowest BCUT2D eigenvalue weighted by Gasteiger charge is -2.30. The largest absolute Gasteiger partial charge is 0.344 e. The van der Waals surface area contributed by atoms with E-state index >= 15 is 0 Å². The molecule has 162 valence electrons. The van der Waals surface area contributed by atoms with E-state index in [9.17, 15) is 24.5 Å². The van der Waals surface area contributed by atoms with Crippen molar-refractivity contribution in [1.29, 1.82) is 0 Å². The number of carbonyl (C=O) groups is 3. The van der Waals surface area contributed by atoms with Crippen LogP contribution in [-0.4, -0.2) is 51.8 Å². The molecule has 1 heterocycles. The molecule has 3 rings (SSSR count). The van der Waals surface area contributed by atoms with Gasteiger partial charge < -0.3 is 5.32 Å². The van der Waals surface area contributed by atoms with Gasteiger partial charge in [0.25, 0.3) is 11.6 Å². The Bertz CT molecular complexity index is 852. The van der Waals surface area contributed by atoms with E-state index in [1.54, 1.807) is 12.1 Å². The van der Waals surface area contributed by atoms with Crippen molar-refractivity contribution in [2.24, 2.45) is 0 Å². The maximum absolute atomic E-state index is 12.7. The lowest BCUT2D eigenvalue weighted by atomic mass is 9.82. The highest BCUT2D eigenvalue weighted by Gasteiger charge is 2.52. The smallest absolute Gasteiger partial charge is 0.322 e. The standard InChI is InChI=1S/C20H27N5O5/c1-14(15-7-6-8-16(13-15)25(29)30)23(2)12-9-17(26)22-24-18(27)20(21-19(24)28)10-4-3-5-11-20/h6-8,13-14H,3-5,9-12H2,1-2H3,(H,21,28)(H,22,26). The maximum Gasteiger partial charge on any atom is 0.344 e. The second-order valence-corrected chi connectivity index (χ2v) is 8.01. The molecule has 0 bridgehead atoms. The molecule has 1 aliphatic carbocycles. The molecule has 2 N–H and O–H groups in total. The van der Waals surface area contributed by atoms with Crippen LogP contribution >= 0.6 is 0 Å². The highest BCUT2D eigenvalue weighted by molar-refractivity contribution is 6.08. The Labute approximate surface area is 174 Å². The first-order valence-electron chi connectivity index (χ1n) is 10.1. The number of nitro benzene ring substituents is 1. The van der Waals surface area contributed by atoms with Crippen LogP contribution in [0.3, 0.4) is 0 Å². The summed E-state index contributed by atoms with van der Waals surface area (Å²) in [5.41, 5.74) is 2.32. The quantitative estimate of drug-likeness (QED) is 0.398. The molecule has 1 spiro atoms. The number of hydrogen-bond acceptors (Lipinski definition) is 6. The summed E-state index contributed by atoms with van der Waals surface area (Å²) >= 11 is 0. The third-order valence-electron chi connectivity index (χ3n) is 6.02. The van der Waals surface area contributed by atoms with Crippen molar-refractivity contribution in [3.63, 3.8) is 0 Å². The lowest BCUT2D eigenvalue weighted by Crippen LogP contribution is -2.51. The molecule has 30 heavy (non-hydrogen) atoms. The van der Waals surface area contributed by atoms with Crippen LogP contribution in [0.1, 0.15) is 57.1 Å². The van der Waals surface area contributed by atoms with E-state index < -0.39 is 22.4 Å². The highest BCUT2D eigenvalue weighted by atomic mass is 16.6. The molecule has 4 amide bonds. The van der Waals surface area contributed by atoms with Crippen molar-refractivity contribution in [2.45, 2.75) is 57.0 Å². The molecule has 0 aromatic heterocycles. The zero-order valence-corrected chi connectivity index (χ0v) is 17.2. The van der Waals surface area contributed by atoms with Crippen molar-refractivity contribution in [1.82, 2.24) is 20.7 Å². The normalized spacial score (nSPS) is 19.1. The molecule has 1 aromatic rings. The number of nitro groups is 1. The van der Waals surface area contributed by atoms with Gasteiger partial charge in [-0.1, -0.05) is 31.4 Å². The number of nitrogens with zero attached hydrogens (tertiary/aromatic N) is 3. The minimum atomic E-state index is -0.879. The number of hydrazine groups is 1. The van der Waals surface area contributed by atoms with E-state index in [2.05, 4.69) is 10.7 Å². The lowest BCUT2D eigenvalue weighted by molar-refractivity contribution is -0.384. The summed E-state index contributed by atoms with van der Waals surface area (Å²) < 4.78 is 0. The SMILES string of the molecule is CC(c1cccc([N+](=O)[O-])c1)N(C)CCC(=O)NN1C(=O)NC2(CCCCC2)C1=O. The van der Waals surface area contributed by atoms with Crippen LogP contribution in [0.5, 0.6) is 0 Å². The second kappa shape index (κ2) is 8.78. The first-order chi connectivity index (χ1) is 14.2. The Kier molecular flexibility index (Phi) is 6.35. The Hall–Kier alpha value is -3.01. The molecule has 2 fully saturated rings. The Morgan fingerprint density at radius 1 is 1.33 bits per heavy atom. The molecular weight excluding hydrogens is 390 g/mol. The molecule has 10 nitrogen and oxygen atoms in total. The number of hydrogen-bond donors (Lipinski definition) is 2. The fourth-order valence-electron chi connectivity index (χ4n) is 4.02. The third-order valence-corrected chi connectivity index (χ3v) is 6.02. The van der Waals surface area contributed by atoms with Gasteiger partial charge in [-0.05, 0) is 32.4 Å². The summed E-state index contributed by atoms with van der Waals surface area (Å²) in [6, 6.07) is 5.63. The van der Waals surface area contributed by atoms with Gasteiger partial charge in [-0.15, -0.1) is 0 Å². The summed E-state index contributed by atoms with van der Waals surface area (Å²) in [6.45, 7) is 2.24. The molecular formula is C20H27N5O5. The highest BCUT2D eigenvalue weighted by Crippen LogP contribution is 2.33.